The number of carboxylic acids is 1. The monoisotopic (exact) mass is 479 g/mol. The highest BCUT2D eigenvalue weighted by Crippen LogP contribution is 2.31. The van der Waals surface area contributed by atoms with Crippen molar-refractivity contribution in [2.75, 3.05) is 6.61 Å². The maximum Gasteiger partial charge on any atom is 0.305 e. The summed E-state index contributed by atoms with van der Waals surface area (Å²) >= 11 is 0. The van der Waals surface area contributed by atoms with Crippen LogP contribution in [0.5, 0.6) is 5.88 Å². The summed E-state index contributed by atoms with van der Waals surface area (Å²) in [6.07, 6.45) is -0.270. The molecular formula is C27H33N3O5. The number of nitrogens with one attached hydrogen (secondary N) is 1. The number of aliphatic carboxylic acids is 1. The van der Waals surface area contributed by atoms with Gasteiger partial charge in [-0.1, -0.05) is 63.2 Å². The molecule has 35 heavy (non-hydrogen) atoms. The van der Waals surface area contributed by atoms with Crippen LogP contribution in [-0.4, -0.2) is 44.1 Å². The summed E-state index contributed by atoms with van der Waals surface area (Å²) in [5.74, 6) is -1.26. The van der Waals surface area contributed by atoms with Crippen LogP contribution >= 0.6 is 0 Å². The molecule has 0 aliphatic rings. The van der Waals surface area contributed by atoms with Crippen molar-refractivity contribution in [2.24, 2.45) is 5.41 Å². The van der Waals surface area contributed by atoms with Gasteiger partial charge in [0.25, 0.3) is 5.91 Å². The van der Waals surface area contributed by atoms with E-state index >= 15 is 0 Å². The second-order valence-corrected chi connectivity index (χ2v) is 9.91. The number of carbonyl (C=O) groups excluding carboxylic acids is 1. The normalized spacial score (nSPS) is 14.1. The molecule has 0 aliphatic carbocycles. The summed E-state index contributed by atoms with van der Waals surface area (Å²) < 4.78 is 7.46. The predicted molar refractivity (Wildman–Crippen MR) is 133 cm³/mol. The molecule has 0 saturated carbocycles. The minimum absolute atomic E-state index is 0.0130. The van der Waals surface area contributed by atoms with Crippen LogP contribution in [0.2, 0.25) is 0 Å². The molecule has 3 N–H and O–H groups in total. The fourth-order valence-electron chi connectivity index (χ4n) is 3.39. The van der Waals surface area contributed by atoms with Gasteiger partial charge in [0.1, 0.15) is 12.2 Å². The van der Waals surface area contributed by atoms with Gasteiger partial charge in [0.2, 0.25) is 5.88 Å². The lowest BCUT2D eigenvalue weighted by Gasteiger charge is -2.36. The molecule has 3 aromatic rings. The van der Waals surface area contributed by atoms with E-state index in [1.54, 1.807) is 19.1 Å². The number of aromatic nitrogens is 2. The van der Waals surface area contributed by atoms with E-state index in [0.717, 1.165) is 11.1 Å². The fourth-order valence-corrected chi connectivity index (χ4v) is 3.39. The summed E-state index contributed by atoms with van der Waals surface area (Å²) in [6, 6.07) is 17.3. The van der Waals surface area contributed by atoms with Gasteiger partial charge >= 0.3 is 5.97 Å². The first-order valence-corrected chi connectivity index (χ1v) is 11.5. The summed E-state index contributed by atoms with van der Waals surface area (Å²) in [7, 11) is 0. The van der Waals surface area contributed by atoms with Gasteiger partial charge < -0.3 is 20.3 Å². The highest BCUT2D eigenvalue weighted by atomic mass is 16.5. The molecule has 186 valence electrons. The van der Waals surface area contributed by atoms with Crippen LogP contribution in [0, 0.1) is 12.3 Å². The Labute approximate surface area is 205 Å². The number of carboxylic acid groups (broad SMARTS) is 1. The van der Waals surface area contributed by atoms with Crippen molar-refractivity contribution in [3.05, 3.63) is 77.5 Å². The number of aryl methyl sites for hydroxylation is 1. The van der Waals surface area contributed by atoms with E-state index < -0.39 is 28.9 Å². The maximum atomic E-state index is 13.2. The van der Waals surface area contributed by atoms with Gasteiger partial charge in [0.15, 0.2) is 5.69 Å². The number of carbonyl (C=O) groups is 2. The molecule has 0 spiro atoms. The van der Waals surface area contributed by atoms with Gasteiger partial charge in [0, 0.05) is 6.07 Å². The van der Waals surface area contributed by atoms with E-state index in [-0.39, 0.29) is 24.6 Å². The minimum Gasteiger partial charge on any atom is -0.481 e. The van der Waals surface area contributed by atoms with Crippen LogP contribution in [0.25, 0.3) is 5.69 Å². The number of hydrogen-bond acceptors (Lipinski definition) is 5. The average molecular weight is 480 g/mol. The van der Waals surface area contributed by atoms with Gasteiger partial charge in [-0.15, -0.1) is 0 Å². The SMILES string of the molecule is Cc1ccccc1C(CC(=O)O)NC(=O)c1cc(OCC(C)(O)C(C)(C)C)n(-c2ccccc2)n1. The lowest BCUT2D eigenvalue weighted by Crippen LogP contribution is -2.45. The minimum atomic E-state index is -1.14. The fraction of sp³-hybridized carbons (Fsp3) is 0.370. The molecule has 0 radical (unpaired) electrons. The third-order valence-electron chi connectivity index (χ3n) is 6.27. The Balaban J connectivity index is 1.92. The second-order valence-electron chi connectivity index (χ2n) is 9.91. The molecular weight excluding hydrogens is 446 g/mol. The van der Waals surface area contributed by atoms with Crippen LogP contribution in [0.3, 0.4) is 0 Å². The molecule has 0 aliphatic heterocycles. The molecule has 1 heterocycles. The van der Waals surface area contributed by atoms with Gasteiger partial charge in [-0.25, -0.2) is 4.68 Å². The maximum absolute atomic E-state index is 13.2. The van der Waals surface area contributed by atoms with Crippen LogP contribution in [-0.2, 0) is 4.79 Å². The van der Waals surface area contributed by atoms with Crippen molar-refractivity contribution in [1.29, 1.82) is 0 Å². The number of rotatable bonds is 9. The van der Waals surface area contributed by atoms with E-state index in [2.05, 4.69) is 10.4 Å². The van der Waals surface area contributed by atoms with Crippen LogP contribution in [0.15, 0.2) is 60.7 Å². The van der Waals surface area contributed by atoms with Crippen molar-refractivity contribution < 1.29 is 24.5 Å². The van der Waals surface area contributed by atoms with Gasteiger partial charge in [-0.2, -0.15) is 5.10 Å². The number of amides is 1. The summed E-state index contributed by atoms with van der Waals surface area (Å²) in [4.78, 5) is 24.7. The quantitative estimate of drug-likeness (QED) is 0.422. The van der Waals surface area contributed by atoms with E-state index in [1.165, 1.54) is 10.7 Å². The van der Waals surface area contributed by atoms with Crippen LogP contribution in [0.1, 0.15) is 61.8 Å². The smallest absolute Gasteiger partial charge is 0.305 e. The largest absolute Gasteiger partial charge is 0.481 e. The van der Waals surface area contributed by atoms with E-state index in [4.69, 9.17) is 4.74 Å². The summed E-state index contributed by atoms with van der Waals surface area (Å²) in [6.45, 7) is 9.30. The molecule has 2 aromatic carbocycles. The van der Waals surface area contributed by atoms with Crippen molar-refractivity contribution in [3.63, 3.8) is 0 Å². The first-order chi connectivity index (χ1) is 16.4. The Bertz CT molecular complexity index is 1180. The van der Waals surface area contributed by atoms with Crippen molar-refractivity contribution >= 4 is 11.9 Å². The van der Waals surface area contributed by atoms with E-state index in [9.17, 15) is 19.8 Å². The molecule has 8 nitrogen and oxygen atoms in total. The molecule has 1 amide bonds. The molecule has 0 saturated heterocycles. The zero-order chi connectivity index (χ0) is 25.8. The van der Waals surface area contributed by atoms with Gasteiger partial charge in [-0.3, -0.25) is 9.59 Å². The summed E-state index contributed by atoms with van der Waals surface area (Å²) in [5, 5.41) is 27.5. The third kappa shape index (κ3) is 6.27. The van der Waals surface area contributed by atoms with E-state index in [1.807, 2.05) is 70.2 Å². The molecule has 2 atom stereocenters. The van der Waals surface area contributed by atoms with Crippen molar-refractivity contribution in [3.8, 4) is 11.6 Å². The Morgan fingerprint density at radius 3 is 2.29 bits per heavy atom. The zero-order valence-corrected chi connectivity index (χ0v) is 20.8. The predicted octanol–water partition coefficient (Wildman–Crippen LogP) is 4.30. The number of benzene rings is 2. The Morgan fingerprint density at radius 1 is 1.06 bits per heavy atom. The standard InChI is InChI=1S/C27H33N3O5/c1-18-11-9-10-14-20(18)21(16-24(31)32)28-25(33)22-15-23(35-17-27(5,34)26(2,3)4)30(29-22)19-12-7-6-8-13-19/h6-15,21,34H,16-17H2,1-5H3,(H,28,33)(H,31,32). The molecule has 8 heteroatoms. The van der Waals surface area contributed by atoms with Gasteiger partial charge in [0.05, 0.1) is 18.2 Å². The summed E-state index contributed by atoms with van der Waals surface area (Å²) in [5.41, 5.74) is 0.771. The van der Waals surface area contributed by atoms with E-state index in [0.29, 0.717) is 5.69 Å². The number of para-hydroxylation sites is 1. The number of hydrogen-bond donors (Lipinski definition) is 3. The zero-order valence-electron chi connectivity index (χ0n) is 20.8. The number of aliphatic hydroxyl groups is 1. The lowest BCUT2D eigenvalue weighted by atomic mass is 9.78. The molecule has 3 rings (SSSR count). The first-order valence-electron chi connectivity index (χ1n) is 11.5. The van der Waals surface area contributed by atoms with Crippen LogP contribution in [0.4, 0.5) is 0 Å². The van der Waals surface area contributed by atoms with Crippen molar-refractivity contribution in [1.82, 2.24) is 15.1 Å². The Hall–Kier alpha value is -3.65. The lowest BCUT2D eigenvalue weighted by molar-refractivity contribution is -0.137. The highest BCUT2D eigenvalue weighted by molar-refractivity contribution is 5.93. The molecule has 0 fully saturated rings. The first kappa shape index (κ1) is 26.0. The van der Waals surface area contributed by atoms with Crippen molar-refractivity contribution in [2.45, 2.75) is 52.7 Å². The topological polar surface area (TPSA) is 114 Å². The number of nitrogens with zero attached hydrogens (tertiary/aromatic N) is 2. The molecule has 0 bridgehead atoms. The average Bonchev–Trinajstić information content (AvgIpc) is 3.22. The number of ether oxygens (including phenoxy) is 1. The molecule has 1 aromatic heterocycles. The van der Waals surface area contributed by atoms with Crippen LogP contribution < -0.4 is 10.1 Å². The third-order valence-corrected chi connectivity index (χ3v) is 6.27. The molecule has 2 unspecified atom stereocenters. The van der Waals surface area contributed by atoms with Gasteiger partial charge in [-0.05, 0) is 42.5 Å². The highest BCUT2D eigenvalue weighted by Gasteiger charge is 2.36. The second kappa shape index (κ2) is 10.3. The Morgan fingerprint density at radius 2 is 1.69 bits per heavy atom. The Kier molecular flexibility index (Phi) is 7.65.